The van der Waals surface area contributed by atoms with Crippen LogP contribution in [0.25, 0.3) is 22.3 Å². The minimum Gasteiger partial charge on any atom is -0.338 e. The van der Waals surface area contributed by atoms with Gasteiger partial charge in [-0.3, -0.25) is 4.68 Å². The SMILES string of the molecule is Cn1nc(Cl)c2cc(-c3noc(CN)n3)ccc21. The molecule has 0 saturated carbocycles. The van der Waals surface area contributed by atoms with Gasteiger partial charge < -0.3 is 10.3 Å². The Hall–Kier alpha value is -1.92. The third kappa shape index (κ3) is 1.66. The molecule has 0 aliphatic heterocycles. The lowest BCUT2D eigenvalue weighted by Crippen LogP contribution is -1.95. The van der Waals surface area contributed by atoms with Gasteiger partial charge in [-0.1, -0.05) is 16.8 Å². The monoisotopic (exact) mass is 263 g/mol. The molecule has 92 valence electrons. The number of benzene rings is 1. The summed E-state index contributed by atoms with van der Waals surface area (Å²) >= 11 is 6.05. The maximum atomic E-state index is 6.05. The molecule has 6 nitrogen and oxygen atoms in total. The lowest BCUT2D eigenvalue weighted by molar-refractivity contribution is 0.380. The molecule has 0 amide bonds. The maximum absolute atomic E-state index is 6.05. The molecule has 0 unspecified atom stereocenters. The Labute approximate surface area is 107 Å². The van der Waals surface area contributed by atoms with Gasteiger partial charge in [0.2, 0.25) is 11.7 Å². The van der Waals surface area contributed by atoms with Crippen molar-refractivity contribution in [2.45, 2.75) is 6.54 Å². The molecule has 18 heavy (non-hydrogen) atoms. The van der Waals surface area contributed by atoms with Gasteiger partial charge in [0, 0.05) is 18.0 Å². The lowest BCUT2D eigenvalue weighted by atomic mass is 10.1. The average Bonchev–Trinajstić information content (AvgIpc) is 2.95. The molecule has 3 rings (SSSR count). The van der Waals surface area contributed by atoms with Crippen LogP contribution in [0, 0.1) is 0 Å². The van der Waals surface area contributed by atoms with Crippen LogP contribution >= 0.6 is 11.6 Å². The molecule has 0 fully saturated rings. The number of hydrogen-bond acceptors (Lipinski definition) is 5. The summed E-state index contributed by atoms with van der Waals surface area (Å²) in [7, 11) is 1.84. The van der Waals surface area contributed by atoms with E-state index in [-0.39, 0.29) is 6.54 Å². The van der Waals surface area contributed by atoms with Gasteiger partial charge in [-0.2, -0.15) is 10.1 Å². The molecule has 2 N–H and O–H groups in total. The molecule has 3 aromatic rings. The number of halogens is 1. The van der Waals surface area contributed by atoms with E-state index in [2.05, 4.69) is 15.2 Å². The number of aryl methyl sites for hydroxylation is 1. The van der Waals surface area contributed by atoms with E-state index in [1.165, 1.54) is 0 Å². The molecule has 1 aromatic carbocycles. The molecule has 0 bridgehead atoms. The van der Waals surface area contributed by atoms with Gasteiger partial charge in [0.1, 0.15) is 0 Å². The summed E-state index contributed by atoms with van der Waals surface area (Å²) in [5.41, 5.74) is 7.20. The van der Waals surface area contributed by atoms with Crippen LogP contribution < -0.4 is 5.73 Å². The molecule has 7 heteroatoms. The van der Waals surface area contributed by atoms with Gasteiger partial charge in [-0.05, 0) is 18.2 Å². The van der Waals surface area contributed by atoms with Crippen molar-refractivity contribution in [1.82, 2.24) is 19.9 Å². The second kappa shape index (κ2) is 4.08. The highest BCUT2D eigenvalue weighted by molar-refractivity contribution is 6.34. The van der Waals surface area contributed by atoms with Gasteiger partial charge in [-0.25, -0.2) is 0 Å². The largest absolute Gasteiger partial charge is 0.338 e. The first-order chi connectivity index (χ1) is 8.69. The zero-order chi connectivity index (χ0) is 12.7. The predicted molar refractivity (Wildman–Crippen MR) is 66.9 cm³/mol. The van der Waals surface area contributed by atoms with Gasteiger partial charge in [0.15, 0.2) is 5.15 Å². The lowest BCUT2D eigenvalue weighted by Gasteiger charge is -1.96. The topological polar surface area (TPSA) is 82.8 Å². The second-order valence-electron chi connectivity index (χ2n) is 3.86. The van der Waals surface area contributed by atoms with Crippen LogP contribution in [-0.2, 0) is 13.6 Å². The molecule has 2 heterocycles. The smallest absolute Gasteiger partial charge is 0.240 e. The van der Waals surface area contributed by atoms with E-state index < -0.39 is 0 Å². The Bertz CT molecular complexity index is 717. The Balaban J connectivity index is 2.15. The number of fused-ring (bicyclic) bond motifs is 1. The highest BCUT2D eigenvalue weighted by Crippen LogP contribution is 2.27. The van der Waals surface area contributed by atoms with Crippen LogP contribution in [0.3, 0.4) is 0 Å². The van der Waals surface area contributed by atoms with Crippen LogP contribution in [0.2, 0.25) is 5.15 Å². The Morgan fingerprint density at radius 2 is 2.28 bits per heavy atom. The zero-order valence-electron chi connectivity index (χ0n) is 9.59. The molecule has 0 aliphatic rings. The normalized spacial score (nSPS) is 11.3. The summed E-state index contributed by atoms with van der Waals surface area (Å²) in [5, 5.41) is 9.32. The molecule has 0 aliphatic carbocycles. The molecular formula is C11H10ClN5O. The van der Waals surface area contributed by atoms with Crippen molar-refractivity contribution < 1.29 is 4.52 Å². The summed E-state index contributed by atoms with van der Waals surface area (Å²) in [6.07, 6.45) is 0. The number of nitrogens with zero attached hydrogens (tertiary/aromatic N) is 4. The van der Waals surface area contributed by atoms with Gasteiger partial charge in [0.25, 0.3) is 0 Å². The summed E-state index contributed by atoms with van der Waals surface area (Å²) < 4.78 is 6.70. The highest BCUT2D eigenvalue weighted by atomic mass is 35.5. The summed E-state index contributed by atoms with van der Waals surface area (Å²) in [6.45, 7) is 0.225. The van der Waals surface area contributed by atoms with E-state index in [1.54, 1.807) is 4.68 Å². The minimum atomic E-state index is 0.225. The van der Waals surface area contributed by atoms with Crippen LogP contribution in [0.4, 0.5) is 0 Å². The number of hydrogen-bond donors (Lipinski definition) is 1. The average molecular weight is 264 g/mol. The summed E-state index contributed by atoms with van der Waals surface area (Å²) in [6, 6.07) is 5.70. The van der Waals surface area contributed by atoms with Crippen molar-refractivity contribution in [1.29, 1.82) is 0 Å². The van der Waals surface area contributed by atoms with Crippen LogP contribution in [0.15, 0.2) is 22.7 Å². The third-order valence-corrected chi connectivity index (χ3v) is 2.99. The fourth-order valence-corrected chi connectivity index (χ4v) is 2.08. The van der Waals surface area contributed by atoms with Crippen molar-refractivity contribution in [3.63, 3.8) is 0 Å². The first-order valence-electron chi connectivity index (χ1n) is 5.34. The first-order valence-corrected chi connectivity index (χ1v) is 5.72. The summed E-state index contributed by atoms with van der Waals surface area (Å²) in [4.78, 5) is 4.17. The fraction of sp³-hybridized carbons (Fsp3) is 0.182. The van der Waals surface area contributed by atoms with E-state index in [0.29, 0.717) is 16.9 Å². The Kier molecular flexibility index (Phi) is 2.53. The van der Waals surface area contributed by atoms with Crippen molar-refractivity contribution in [3.05, 3.63) is 29.2 Å². The highest BCUT2D eigenvalue weighted by Gasteiger charge is 2.11. The van der Waals surface area contributed by atoms with E-state index >= 15 is 0 Å². The summed E-state index contributed by atoms with van der Waals surface area (Å²) in [5.74, 6) is 0.902. The van der Waals surface area contributed by atoms with Gasteiger partial charge in [0.05, 0.1) is 12.1 Å². The van der Waals surface area contributed by atoms with Crippen molar-refractivity contribution >= 4 is 22.5 Å². The molecule has 0 saturated heterocycles. The van der Waals surface area contributed by atoms with E-state index in [4.69, 9.17) is 21.9 Å². The van der Waals surface area contributed by atoms with E-state index in [9.17, 15) is 0 Å². The van der Waals surface area contributed by atoms with Crippen LogP contribution in [0.1, 0.15) is 5.89 Å². The predicted octanol–water partition coefficient (Wildman–Crippen LogP) is 1.74. The molecule has 2 aromatic heterocycles. The number of nitrogens with two attached hydrogens (primary N) is 1. The van der Waals surface area contributed by atoms with Gasteiger partial charge in [-0.15, -0.1) is 0 Å². The molecule has 0 spiro atoms. The number of aromatic nitrogens is 4. The van der Waals surface area contributed by atoms with Crippen LogP contribution in [0.5, 0.6) is 0 Å². The third-order valence-electron chi connectivity index (χ3n) is 2.71. The Morgan fingerprint density at radius 1 is 1.44 bits per heavy atom. The standard InChI is InChI=1S/C11H10ClN5O/c1-17-8-3-2-6(4-7(8)10(12)15-17)11-14-9(5-13)18-16-11/h2-4H,5,13H2,1H3. The maximum Gasteiger partial charge on any atom is 0.240 e. The minimum absolute atomic E-state index is 0.225. The van der Waals surface area contributed by atoms with Crippen LogP contribution in [-0.4, -0.2) is 19.9 Å². The van der Waals surface area contributed by atoms with Crippen molar-refractivity contribution in [3.8, 4) is 11.4 Å². The zero-order valence-corrected chi connectivity index (χ0v) is 10.3. The molecular weight excluding hydrogens is 254 g/mol. The van der Waals surface area contributed by atoms with Crippen molar-refractivity contribution in [2.24, 2.45) is 12.8 Å². The van der Waals surface area contributed by atoms with Crippen molar-refractivity contribution in [2.75, 3.05) is 0 Å². The van der Waals surface area contributed by atoms with E-state index in [0.717, 1.165) is 16.5 Å². The molecule has 0 radical (unpaired) electrons. The molecule has 0 atom stereocenters. The number of rotatable bonds is 2. The van der Waals surface area contributed by atoms with E-state index in [1.807, 2.05) is 25.2 Å². The fourth-order valence-electron chi connectivity index (χ4n) is 1.82. The quantitative estimate of drug-likeness (QED) is 0.761. The second-order valence-corrected chi connectivity index (χ2v) is 4.22. The Morgan fingerprint density at radius 3 is 3.00 bits per heavy atom. The first kappa shape index (κ1) is 11.2. The van der Waals surface area contributed by atoms with Gasteiger partial charge >= 0.3 is 0 Å².